The number of hydrogen-bond acceptors (Lipinski definition) is 6. The minimum atomic E-state index is -4.45. The molecule has 1 amide bonds. The van der Waals surface area contributed by atoms with E-state index in [4.69, 9.17) is 9.84 Å². The topological polar surface area (TPSA) is 78.9 Å². The molecule has 0 fully saturated rings. The number of nitrogens with one attached hydrogen (secondary N) is 1. The van der Waals surface area contributed by atoms with Gasteiger partial charge in [-0.2, -0.15) is 13.2 Å². The van der Waals surface area contributed by atoms with Crippen molar-refractivity contribution in [3.8, 4) is 0 Å². The summed E-state index contributed by atoms with van der Waals surface area (Å²) in [6.07, 6.45) is -0.887. The van der Waals surface area contributed by atoms with E-state index in [1.165, 1.54) is 18.4 Å². The zero-order valence-corrected chi connectivity index (χ0v) is 15.8. The molecule has 152 valence electrons. The number of carbonyl (C=O) groups is 2. The molecule has 1 aliphatic rings. The lowest BCUT2D eigenvalue weighted by Crippen LogP contribution is -2.40. The molecule has 0 unspecified atom stereocenters. The molecule has 0 saturated heterocycles. The number of methoxy groups -OCH3 is 1. The lowest BCUT2D eigenvalue weighted by atomic mass is 9.95. The first-order valence-electron chi connectivity index (χ1n) is 8.67. The first-order valence-corrected chi connectivity index (χ1v) is 9.49. The lowest BCUT2D eigenvalue weighted by Gasteiger charge is -2.22. The van der Waals surface area contributed by atoms with Gasteiger partial charge in [0.05, 0.1) is 25.8 Å². The van der Waals surface area contributed by atoms with Gasteiger partial charge in [-0.05, 0) is 37.7 Å². The minimum absolute atomic E-state index is 0.0613. The molecule has 2 N–H and O–H groups in total. The van der Waals surface area contributed by atoms with Gasteiger partial charge in [-0.25, -0.2) is 4.79 Å². The van der Waals surface area contributed by atoms with Crippen LogP contribution in [0.5, 0.6) is 0 Å². The molecule has 0 spiro atoms. The van der Waals surface area contributed by atoms with Crippen molar-refractivity contribution >= 4 is 28.2 Å². The number of amides is 1. The Morgan fingerprint density at radius 1 is 1.30 bits per heavy atom. The third-order valence-corrected chi connectivity index (χ3v) is 5.42. The first kappa shape index (κ1) is 21.6. The van der Waals surface area contributed by atoms with E-state index in [2.05, 4.69) is 5.32 Å². The highest BCUT2D eigenvalue weighted by Gasteiger charge is 2.32. The number of aryl methyl sites for hydroxylation is 1. The fourth-order valence-electron chi connectivity index (χ4n) is 3.10. The van der Waals surface area contributed by atoms with Crippen molar-refractivity contribution in [2.45, 2.75) is 38.3 Å². The van der Waals surface area contributed by atoms with Crippen molar-refractivity contribution in [1.29, 1.82) is 0 Å². The number of hydrogen-bond donors (Lipinski definition) is 2. The number of esters is 1. The minimum Gasteiger partial charge on any atom is -0.465 e. The number of fused-ring (bicyclic) bond motifs is 1. The summed E-state index contributed by atoms with van der Waals surface area (Å²) in [6, 6.07) is 0. The zero-order valence-electron chi connectivity index (χ0n) is 15.0. The largest absolute Gasteiger partial charge is 0.465 e. The average molecular weight is 408 g/mol. The highest BCUT2D eigenvalue weighted by molar-refractivity contribution is 7.17. The van der Waals surface area contributed by atoms with Crippen LogP contribution in [0.1, 0.15) is 40.1 Å². The molecule has 0 saturated carbocycles. The third kappa shape index (κ3) is 6.18. The van der Waals surface area contributed by atoms with E-state index in [9.17, 15) is 22.8 Å². The Labute approximate surface area is 159 Å². The Hall–Kier alpha value is -1.65. The Bertz CT molecular complexity index is 676. The summed E-state index contributed by atoms with van der Waals surface area (Å²) in [5, 5.41) is 11.8. The van der Waals surface area contributed by atoms with Crippen LogP contribution in [0.15, 0.2) is 0 Å². The van der Waals surface area contributed by atoms with Crippen molar-refractivity contribution in [3.63, 3.8) is 0 Å². The van der Waals surface area contributed by atoms with Crippen LogP contribution in [0.3, 0.4) is 0 Å². The molecule has 6 nitrogen and oxygen atoms in total. The molecule has 1 aliphatic carbocycles. The maximum atomic E-state index is 12.7. The SMILES string of the molecule is COC(=O)c1c(NC(=O)CN(CCCO)CC(F)(F)F)sc2c1CCCC2. The lowest BCUT2D eigenvalue weighted by molar-refractivity contribution is -0.148. The summed E-state index contributed by atoms with van der Waals surface area (Å²) in [5.41, 5.74) is 1.17. The number of aliphatic hydroxyl groups is 1. The average Bonchev–Trinajstić information content (AvgIpc) is 2.95. The van der Waals surface area contributed by atoms with Crippen molar-refractivity contribution in [1.82, 2.24) is 4.90 Å². The van der Waals surface area contributed by atoms with E-state index in [1.54, 1.807) is 0 Å². The number of rotatable bonds is 8. The number of halogens is 3. The predicted molar refractivity (Wildman–Crippen MR) is 95.1 cm³/mol. The summed E-state index contributed by atoms with van der Waals surface area (Å²) >= 11 is 1.28. The van der Waals surface area contributed by atoms with E-state index < -0.39 is 31.1 Å². The maximum Gasteiger partial charge on any atom is 0.401 e. The molecular weight excluding hydrogens is 385 g/mol. The molecule has 1 aromatic heterocycles. The molecule has 27 heavy (non-hydrogen) atoms. The van der Waals surface area contributed by atoms with Gasteiger partial charge < -0.3 is 15.2 Å². The van der Waals surface area contributed by atoms with Gasteiger partial charge in [0.2, 0.25) is 5.91 Å². The van der Waals surface area contributed by atoms with Crippen molar-refractivity contribution in [2.24, 2.45) is 0 Å². The third-order valence-electron chi connectivity index (χ3n) is 4.22. The van der Waals surface area contributed by atoms with E-state index >= 15 is 0 Å². The molecule has 1 heterocycles. The predicted octanol–water partition coefficient (Wildman–Crippen LogP) is 2.60. The first-order chi connectivity index (χ1) is 12.7. The number of alkyl halides is 3. The highest BCUT2D eigenvalue weighted by atomic mass is 32.1. The molecule has 0 bridgehead atoms. The van der Waals surface area contributed by atoms with Gasteiger partial charge in [-0.3, -0.25) is 9.69 Å². The van der Waals surface area contributed by atoms with Crippen LogP contribution in [0.2, 0.25) is 0 Å². The van der Waals surface area contributed by atoms with Crippen LogP contribution >= 0.6 is 11.3 Å². The molecule has 0 aromatic carbocycles. The standard InChI is InChI=1S/C17H23F3N2O4S/c1-26-16(25)14-11-5-2-3-6-12(11)27-15(14)21-13(24)9-22(7-4-8-23)10-17(18,19)20/h23H,2-10H2,1H3,(H,21,24). The van der Waals surface area contributed by atoms with Gasteiger partial charge >= 0.3 is 12.1 Å². The maximum absolute atomic E-state index is 12.7. The number of anilines is 1. The Morgan fingerprint density at radius 2 is 2.00 bits per heavy atom. The van der Waals surface area contributed by atoms with Gasteiger partial charge in [-0.15, -0.1) is 11.3 Å². The summed E-state index contributed by atoms with van der Waals surface area (Å²) < 4.78 is 42.9. The van der Waals surface area contributed by atoms with Crippen LogP contribution in [-0.2, 0) is 22.4 Å². The molecular formula is C17H23F3N2O4S. The van der Waals surface area contributed by atoms with E-state index in [-0.39, 0.29) is 19.6 Å². The van der Waals surface area contributed by atoms with Gasteiger partial charge in [-0.1, -0.05) is 0 Å². The molecule has 1 aromatic rings. The van der Waals surface area contributed by atoms with Crippen LogP contribution in [0.4, 0.5) is 18.2 Å². The van der Waals surface area contributed by atoms with Crippen LogP contribution in [0.25, 0.3) is 0 Å². The smallest absolute Gasteiger partial charge is 0.401 e. The van der Waals surface area contributed by atoms with Crippen molar-refractivity contribution in [3.05, 3.63) is 16.0 Å². The fourth-order valence-corrected chi connectivity index (χ4v) is 4.40. The second-order valence-electron chi connectivity index (χ2n) is 6.36. The van der Waals surface area contributed by atoms with Gasteiger partial charge in [0.15, 0.2) is 0 Å². The molecule has 2 rings (SSSR count). The quantitative estimate of drug-likeness (QED) is 0.647. The van der Waals surface area contributed by atoms with E-state index in [0.29, 0.717) is 17.0 Å². The highest BCUT2D eigenvalue weighted by Crippen LogP contribution is 2.38. The summed E-state index contributed by atoms with van der Waals surface area (Å²) in [4.78, 5) is 26.4. The summed E-state index contributed by atoms with van der Waals surface area (Å²) in [6.45, 7) is -2.05. The molecule has 0 radical (unpaired) electrons. The number of carbonyl (C=O) groups excluding carboxylic acids is 2. The van der Waals surface area contributed by atoms with Gasteiger partial charge in [0.1, 0.15) is 5.00 Å². The van der Waals surface area contributed by atoms with Crippen molar-refractivity contribution in [2.75, 3.05) is 38.7 Å². The number of nitrogens with zero attached hydrogens (tertiary/aromatic N) is 1. The molecule has 0 atom stereocenters. The summed E-state index contributed by atoms with van der Waals surface area (Å²) in [5.74, 6) is -1.20. The van der Waals surface area contributed by atoms with Crippen LogP contribution in [-0.4, -0.2) is 61.4 Å². The summed E-state index contributed by atoms with van der Waals surface area (Å²) in [7, 11) is 1.25. The van der Waals surface area contributed by atoms with E-state index in [0.717, 1.165) is 34.6 Å². The molecule has 10 heteroatoms. The Morgan fingerprint density at radius 3 is 2.63 bits per heavy atom. The monoisotopic (exact) mass is 408 g/mol. The second-order valence-corrected chi connectivity index (χ2v) is 7.46. The van der Waals surface area contributed by atoms with Crippen LogP contribution < -0.4 is 5.32 Å². The van der Waals surface area contributed by atoms with Gasteiger partial charge in [0.25, 0.3) is 0 Å². The number of aliphatic hydroxyl groups excluding tert-OH is 1. The number of thiophene rings is 1. The van der Waals surface area contributed by atoms with Gasteiger partial charge in [0, 0.05) is 18.0 Å². The fraction of sp³-hybridized carbons (Fsp3) is 0.647. The normalized spacial score (nSPS) is 14.1. The second kappa shape index (κ2) is 9.52. The van der Waals surface area contributed by atoms with Crippen LogP contribution in [0, 0.1) is 0 Å². The van der Waals surface area contributed by atoms with E-state index in [1.807, 2.05) is 0 Å². The Balaban J connectivity index is 2.13. The molecule has 0 aliphatic heterocycles. The Kier molecular flexibility index (Phi) is 7.63. The number of ether oxygens (including phenoxy) is 1. The van der Waals surface area contributed by atoms with Crippen molar-refractivity contribution < 1.29 is 32.6 Å². The zero-order chi connectivity index (χ0) is 20.0.